The van der Waals surface area contributed by atoms with E-state index < -0.39 is 0 Å². The van der Waals surface area contributed by atoms with E-state index in [1.165, 1.54) is 0 Å². The van der Waals surface area contributed by atoms with Gasteiger partial charge in [-0.15, -0.1) is 12.4 Å². The second kappa shape index (κ2) is 6.61. The van der Waals surface area contributed by atoms with Crippen molar-refractivity contribution in [3.8, 4) is 5.75 Å². The fourth-order valence-electron chi connectivity index (χ4n) is 1.80. The van der Waals surface area contributed by atoms with Gasteiger partial charge in [0, 0.05) is 12.1 Å². The van der Waals surface area contributed by atoms with Crippen molar-refractivity contribution in [2.24, 2.45) is 5.73 Å². The number of hydrogen-bond donors (Lipinski definition) is 2. The summed E-state index contributed by atoms with van der Waals surface area (Å²) in [5.41, 5.74) is 5.82. The molecule has 0 unspecified atom stereocenters. The fraction of sp³-hybridized carbons (Fsp3) is 0.462. The average molecular weight is 271 g/mol. The van der Waals surface area contributed by atoms with Gasteiger partial charge in [-0.1, -0.05) is 18.2 Å². The number of amides is 1. The molecule has 3 N–H and O–H groups in total. The van der Waals surface area contributed by atoms with Crippen LogP contribution in [0, 0.1) is 0 Å². The molecule has 1 aromatic rings. The molecule has 1 aliphatic rings. The molecular weight excluding hydrogens is 252 g/mol. The van der Waals surface area contributed by atoms with Crippen LogP contribution < -0.4 is 15.8 Å². The molecular formula is C13H19ClN2O2. The highest BCUT2D eigenvalue weighted by Gasteiger charge is 2.32. The van der Waals surface area contributed by atoms with E-state index in [1.807, 2.05) is 30.3 Å². The van der Waals surface area contributed by atoms with Gasteiger partial charge in [-0.05, 0) is 31.4 Å². The number of rotatable bonds is 5. The van der Waals surface area contributed by atoms with Crippen molar-refractivity contribution >= 4 is 18.3 Å². The van der Waals surface area contributed by atoms with Crippen LogP contribution >= 0.6 is 12.4 Å². The Morgan fingerprint density at radius 1 is 1.33 bits per heavy atom. The summed E-state index contributed by atoms with van der Waals surface area (Å²) >= 11 is 0. The van der Waals surface area contributed by atoms with E-state index in [1.54, 1.807) is 0 Å². The predicted molar refractivity (Wildman–Crippen MR) is 73.0 cm³/mol. The van der Waals surface area contributed by atoms with Gasteiger partial charge in [0.25, 0.3) is 5.91 Å². The van der Waals surface area contributed by atoms with Crippen LogP contribution in [-0.2, 0) is 4.79 Å². The first-order chi connectivity index (χ1) is 8.18. The van der Waals surface area contributed by atoms with E-state index in [2.05, 4.69) is 5.32 Å². The highest BCUT2D eigenvalue weighted by atomic mass is 35.5. The van der Waals surface area contributed by atoms with Crippen LogP contribution in [0.15, 0.2) is 30.3 Å². The molecule has 1 fully saturated rings. The van der Waals surface area contributed by atoms with Crippen LogP contribution in [0.2, 0.25) is 0 Å². The zero-order valence-electron chi connectivity index (χ0n) is 10.2. The first kappa shape index (κ1) is 14.8. The maximum absolute atomic E-state index is 11.5. The molecule has 0 saturated heterocycles. The number of halogens is 1. The third kappa shape index (κ3) is 4.20. The molecule has 1 aromatic carbocycles. The summed E-state index contributed by atoms with van der Waals surface area (Å²) in [5.74, 6) is 0.583. The topological polar surface area (TPSA) is 64.3 Å². The largest absolute Gasteiger partial charge is 0.484 e. The van der Waals surface area contributed by atoms with Crippen LogP contribution in [0.3, 0.4) is 0 Å². The van der Waals surface area contributed by atoms with Gasteiger partial charge in [0.15, 0.2) is 6.61 Å². The quantitative estimate of drug-likeness (QED) is 0.852. The number of carbonyl (C=O) groups excluding carboxylic acids is 1. The summed E-state index contributed by atoms with van der Waals surface area (Å²) in [6.45, 7) is 0.587. The fourth-order valence-corrected chi connectivity index (χ4v) is 1.80. The molecule has 1 amide bonds. The number of para-hydroxylation sites is 1. The molecule has 100 valence electrons. The molecule has 1 saturated carbocycles. The Morgan fingerprint density at radius 3 is 2.56 bits per heavy atom. The Balaban J connectivity index is 0.00000162. The summed E-state index contributed by atoms with van der Waals surface area (Å²) in [6.07, 6.45) is 3.15. The van der Waals surface area contributed by atoms with Crippen LogP contribution in [0.4, 0.5) is 0 Å². The minimum atomic E-state index is -0.178. The summed E-state index contributed by atoms with van der Waals surface area (Å²) in [4.78, 5) is 11.5. The van der Waals surface area contributed by atoms with Crippen molar-refractivity contribution in [3.63, 3.8) is 0 Å². The minimum absolute atomic E-state index is 0. The number of hydrogen-bond acceptors (Lipinski definition) is 3. The van der Waals surface area contributed by atoms with E-state index in [0.717, 1.165) is 19.3 Å². The van der Waals surface area contributed by atoms with Crippen molar-refractivity contribution in [2.45, 2.75) is 24.8 Å². The monoisotopic (exact) mass is 270 g/mol. The molecule has 0 aromatic heterocycles. The lowest BCUT2D eigenvalue weighted by molar-refractivity contribution is -0.123. The Morgan fingerprint density at radius 2 is 2.00 bits per heavy atom. The number of benzene rings is 1. The molecule has 18 heavy (non-hydrogen) atoms. The Bertz CT molecular complexity index is 380. The molecule has 0 atom stereocenters. The van der Waals surface area contributed by atoms with E-state index in [4.69, 9.17) is 10.5 Å². The molecule has 0 aliphatic heterocycles. The van der Waals surface area contributed by atoms with E-state index in [0.29, 0.717) is 12.3 Å². The highest BCUT2D eigenvalue weighted by Crippen LogP contribution is 2.27. The van der Waals surface area contributed by atoms with Crippen molar-refractivity contribution in [2.75, 3.05) is 13.2 Å². The smallest absolute Gasteiger partial charge is 0.258 e. The molecule has 0 radical (unpaired) electrons. The zero-order valence-corrected chi connectivity index (χ0v) is 11.0. The predicted octanol–water partition coefficient (Wildman–Crippen LogP) is 1.48. The number of nitrogens with two attached hydrogens (primary N) is 1. The van der Waals surface area contributed by atoms with Crippen molar-refractivity contribution in [1.82, 2.24) is 5.32 Å². The normalized spacial score (nSPS) is 16.1. The SMILES string of the molecule is Cl.NC1(CNC(=O)COc2ccccc2)CCC1. The Kier molecular flexibility index (Phi) is 5.44. The van der Waals surface area contributed by atoms with Crippen molar-refractivity contribution < 1.29 is 9.53 Å². The third-order valence-corrected chi connectivity index (χ3v) is 3.10. The second-order valence-electron chi connectivity index (χ2n) is 4.59. The molecule has 0 spiro atoms. The maximum atomic E-state index is 11.5. The van der Waals surface area contributed by atoms with Gasteiger partial charge in [-0.3, -0.25) is 4.79 Å². The second-order valence-corrected chi connectivity index (χ2v) is 4.59. The first-order valence-electron chi connectivity index (χ1n) is 5.91. The number of ether oxygens (including phenoxy) is 1. The minimum Gasteiger partial charge on any atom is -0.484 e. The number of carbonyl (C=O) groups is 1. The van der Waals surface area contributed by atoms with Crippen LogP contribution in [-0.4, -0.2) is 24.6 Å². The van der Waals surface area contributed by atoms with Gasteiger partial charge in [-0.25, -0.2) is 0 Å². The van der Waals surface area contributed by atoms with E-state index in [-0.39, 0.29) is 30.5 Å². The van der Waals surface area contributed by atoms with Crippen molar-refractivity contribution in [1.29, 1.82) is 0 Å². The van der Waals surface area contributed by atoms with Gasteiger partial charge in [0.1, 0.15) is 5.75 Å². The maximum Gasteiger partial charge on any atom is 0.258 e. The summed E-state index contributed by atoms with van der Waals surface area (Å²) in [5, 5.41) is 2.81. The van der Waals surface area contributed by atoms with E-state index >= 15 is 0 Å². The van der Waals surface area contributed by atoms with Gasteiger partial charge >= 0.3 is 0 Å². The van der Waals surface area contributed by atoms with E-state index in [9.17, 15) is 4.79 Å². The molecule has 2 rings (SSSR count). The summed E-state index contributed by atoms with van der Waals surface area (Å²) in [7, 11) is 0. The van der Waals surface area contributed by atoms with Crippen LogP contribution in [0.25, 0.3) is 0 Å². The first-order valence-corrected chi connectivity index (χ1v) is 5.91. The van der Waals surface area contributed by atoms with Gasteiger partial charge in [0.2, 0.25) is 0 Å². The highest BCUT2D eigenvalue weighted by molar-refractivity contribution is 5.85. The van der Waals surface area contributed by atoms with Crippen molar-refractivity contribution in [3.05, 3.63) is 30.3 Å². The molecule has 0 bridgehead atoms. The molecule has 4 nitrogen and oxygen atoms in total. The standard InChI is InChI=1S/C13H18N2O2.ClH/c14-13(7-4-8-13)10-15-12(16)9-17-11-5-2-1-3-6-11;/h1-3,5-6H,4,7-10,14H2,(H,15,16);1H. The third-order valence-electron chi connectivity index (χ3n) is 3.10. The van der Waals surface area contributed by atoms with Crippen LogP contribution in [0.1, 0.15) is 19.3 Å². The summed E-state index contributed by atoms with van der Waals surface area (Å²) < 4.78 is 5.33. The Labute approximate surface area is 113 Å². The molecule has 5 heteroatoms. The molecule has 0 heterocycles. The lowest BCUT2D eigenvalue weighted by Gasteiger charge is -2.38. The number of nitrogens with one attached hydrogen (secondary N) is 1. The zero-order chi connectivity index (χ0) is 12.1. The lowest BCUT2D eigenvalue weighted by Crippen LogP contribution is -2.55. The Hall–Kier alpha value is -1.26. The van der Waals surface area contributed by atoms with Gasteiger partial charge in [-0.2, -0.15) is 0 Å². The van der Waals surface area contributed by atoms with Gasteiger partial charge in [0.05, 0.1) is 0 Å². The average Bonchev–Trinajstić information content (AvgIpc) is 2.33. The van der Waals surface area contributed by atoms with Gasteiger partial charge < -0.3 is 15.8 Å². The molecule has 1 aliphatic carbocycles. The summed E-state index contributed by atoms with van der Waals surface area (Å²) in [6, 6.07) is 9.29. The van der Waals surface area contributed by atoms with Crippen LogP contribution in [0.5, 0.6) is 5.75 Å². The lowest BCUT2D eigenvalue weighted by atomic mass is 9.78.